The summed E-state index contributed by atoms with van der Waals surface area (Å²) in [6.07, 6.45) is 5.39. The summed E-state index contributed by atoms with van der Waals surface area (Å²) in [7, 11) is 1.64. The Bertz CT molecular complexity index is 609. The van der Waals surface area contributed by atoms with Crippen molar-refractivity contribution in [1.82, 2.24) is 4.98 Å². The Balaban J connectivity index is 0.00000180. The van der Waals surface area contributed by atoms with Crippen LogP contribution in [-0.4, -0.2) is 29.7 Å². The first-order chi connectivity index (χ1) is 8.74. The van der Waals surface area contributed by atoms with Crippen LogP contribution in [0.5, 0.6) is 5.75 Å². The number of H-pyrrole nitrogens is 1. The van der Waals surface area contributed by atoms with Crippen molar-refractivity contribution in [2.45, 2.75) is 0 Å². The summed E-state index contributed by atoms with van der Waals surface area (Å²) in [6.45, 7) is 0. The van der Waals surface area contributed by atoms with E-state index in [4.69, 9.17) is 10.5 Å². The van der Waals surface area contributed by atoms with Crippen LogP contribution in [0.25, 0.3) is 10.9 Å². The maximum atomic E-state index is 5.54. The van der Waals surface area contributed by atoms with Gasteiger partial charge in [-0.15, -0.1) is 29.1 Å². The summed E-state index contributed by atoms with van der Waals surface area (Å²) in [5, 5.41) is 9.27. The van der Waals surface area contributed by atoms with Crippen LogP contribution in [0.1, 0.15) is 5.56 Å². The van der Waals surface area contributed by atoms with Crippen LogP contribution >= 0.6 is 35.7 Å². The molecule has 0 atom stereocenters. The third-order valence-corrected chi connectivity index (χ3v) is 2.98. The maximum absolute atomic E-state index is 5.54. The number of hydrogen-bond acceptors (Lipinski definition) is 4. The van der Waals surface area contributed by atoms with Gasteiger partial charge in [-0.3, -0.25) is 0 Å². The highest BCUT2D eigenvalue weighted by Gasteiger charge is 2.02. The molecule has 102 valence electrons. The molecule has 0 amide bonds. The van der Waals surface area contributed by atoms with E-state index >= 15 is 0 Å². The molecule has 0 saturated heterocycles. The number of nitrogens with two attached hydrogens (primary N) is 1. The van der Waals surface area contributed by atoms with Gasteiger partial charge in [0.05, 0.1) is 13.3 Å². The predicted octanol–water partition coefficient (Wildman–Crippen LogP) is 2.81. The van der Waals surface area contributed by atoms with Gasteiger partial charge < -0.3 is 15.5 Å². The number of aromatic amines is 1. The van der Waals surface area contributed by atoms with Gasteiger partial charge in [-0.2, -0.15) is 5.10 Å². The molecule has 0 aliphatic carbocycles. The number of aromatic nitrogens is 1. The van der Waals surface area contributed by atoms with Crippen LogP contribution in [-0.2, 0) is 0 Å². The van der Waals surface area contributed by atoms with E-state index in [9.17, 15) is 0 Å². The highest BCUT2D eigenvalue weighted by atomic mass is 127. The SMILES string of the molecule is COc1ccc2[nH]cc(C=N/N=C(/N)SC)c2c1.I. The second-order valence-electron chi connectivity index (χ2n) is 3.54. The van der Waals surface area contributed by atoms with Crippen molar-refractivity contribution in [3.8, 4) is 5.75 Å². The number of fused-ring (bicyclic) bond motifs is 1. The number of amidine groups is 1. The van der Waals surface area contributed by atoms with Crippen LogP contribution in [0.4, 0.5) is 0 Å². The highest BCUT2D eigenvalue weighted by Crippen LogP contribution is 2.22. The molecule has 2 rings (SSSR count). The number of benzene rings is 1. The first-order valence-electron chi connectivity index (χ1n) is 5.30. The summed E-state index contributed by atoms with van der Waals surface area (Å²) in [4.78, 5) is 3.16. The average Bonchev–Trinajstić information content (AvgIpc) is 2.81. The molecule has 19 heavy (non-hydrogen) atoms. The fourth-order valence-electron chi connectivity index (χ4n) is 1.54. The van der Waals surface area contributed by atoms with Crippen LogP contribution in [0.3, 0.4) is 0 Å². The molecule has 1 aromatic carbocycles. The van der Waals surface area contributed by atoms with Crippen LogP contribution in [0.15, 0.2) is 34.6 Å². The lowest BCUT2D eigenvalue weighted by molar-refractivity contribution is 0.415. The van der Waals surface area contributed by atoms with Crippen molar-refractivity contribution in [2.75, 3.05) is 13.4 Å². The topological polar surface area (TPSA) is 75.8 Å². The van der Waals surface area contributed by atoms with Crippen LogP contribution in [0.2, 0.25) is 0 Å². The first-order valence-corrected chi connectivity index (χ1v) is 6.52. The molecule has 0 bridgehead atoms. The van der Waals surface area contributed by atoms with Gasteiger partial charge >= 0.3 is 0 Å². The molecule has 0 saturated carbocycles. The van der Waals surface area contributed by atoms with Gasteiger partial charge in [0.2, 0.25) is 0 Å². The van der Waals surface area contributed by atoms with Crippen molar-refractivity contribution < 1.29 is 4.74 Å². The van der Waals surface area contributed by atoms with Gasteiger partial charge in [-0.25, -0.2) is 0 Å². The Hall–Kier alpha value is -1.22. The summed E-state index contributed by atoms with van der Waals surface area (Å²) in [6, 6.07) is 5.82. The van der Waals surface area contributed by atoms with Crippen LogP contribution in [0, 0.1) is 0 Å². The van der Waals surface area contributed by atoms with E-state index in [2.05, 4.69) is 15.2 Å². The molecule has 0 spiro atoms. The molecule has 2 aromatic rings. The Morgan fingerprint density at radius 1 is 1.47 bits per heavy atom. The molecule has 7 heteroatoms. The molecule has 0 aliphatic heterocycles. The van der Waals surface area contributed by atoms with E-state index in [1.54, 1.807) is 13.3 Å². The van der Waals surface area contributed by atoms with E-state index in [0.717, 1.165) is 22.2 Å². The summed E-state index contributed by atoms with van der Waals surface area (Å²) in [5.74, 6) is 0.809. The number of halogens is 1. The zero-order chi connectivity index (χ0) is 13.0. The lowest BCUT2D eigenvalue weighted by Gasteiger charge is -1.99. The van der Waals surface area contributed by atoms with Crippen LogP contribution < -0.4 is 10.5 Å². The first kappa shape index (κ1) is 15.8. The zero-order valence-electron chi connectivity index (χ0n) is 10.6. The third kappa shape index (κ3) is 3.87. The van der Waals surface area contributed by atoms with Crippen molar-refractivity contribution in [2.24, 2.45) is 15.9 Å². The molecule has 0 unspecified atom stereocenters. The third-order valence-electron chi connectivity index (χ3n) is 2.48. The van der Waals surface area contributed by atoms with Gasteiger partial charge in [0.15, 0.2) is 5.17 Å². The predicted molar refractivity (Wildman–Crippen MR) is 93.0 cm³/mol. The van der Waals surface area contributed by atoms with Gasteiger partial charge in [-0.1, -0.05) is 11.8 Å². The minimum atomic E-state index is 0. The molecular formula is C12H15IN4OS. The van der Waals surface area contributed by atoms with Gasteiger partial charge in [0, 0.05) is 22.7 Å². The molecule has 5 nitrogen and oxygen atoms in total. The normalized spacial score (nSPS) is 11.8. The highest BCUT2D eigenvalue weighted by molar-refractivity contribution is 14.0. The second-order valence-corrected chi connectivity index (χ2v) is 4.37. The van der Waals surface area contributed by atoms with Crippen molar-refractivity contribution in [1.29, 1.82) is 0 Å². The molecule has 1 aromatic heterocycles. The van der Waals surface area contributed by atoms with Crippen molar-refractivity contribution in [3.05, 3.63) is 30.0 Å². The van der Waals surface area contributed by atoms with E-state index < -0.39 is 0 Å². The summed E-state index contributed by atoms with van der Waals surface area (Å²) >= 11 is 1.36. The fourth-order valence-corrected chi connectivity index (χ4v) is 1.67. The smallest absolute Gasteiger partial charge is 0.180 e. The van der Waals surface area contributed by atoms with E-state index in [0.29, 0.717) is 5.17 Å². The van der Waals surface area contributed by atoms with E-state index in [1.807, 2.05) is 30.7 Å². The van der Waals surface area contributed by atoms with Gasteiger partial charge in [-0.05, 0) is 24.5 Å². The Kier molecular flexibility index (Phi) is 6.16. The zero-order valence-corrected chi connectivity index (χ0v) is 13.7. The molecule has 3 N–H and O–H groups in total. The molecule has 0 fully saturated rings. The number of ether oxygens (including phenoxy) is 1. The number of thioether (sulfide) groups is 1. The number of rotatable bonds is 3. The van der Waals surface area contributed by atoms with Gasteiger partial charge in [0.1, 0.15) is 5.75 Å². The van der Waals surface area contributed by atoms with Gasteiger partial charge in [0.25, 0.3) is 0 Å². The Labute approximate surface area is 132 Å². The summed E-state index contributed by atoms with van der Waals surface area (Å²) < 4.78 is 5.20. The maximum Gasteiger partial charge on any atom is 0.180 e. The standard InChI is InChI=1S/C12H14N4OS.HI/c1-17-9-3-4-11-10(5-9)8(6-14-11)7-15-16-12(13)18-2;/h3-7,14H,1-2H3,(H2,13,16);1H. The van der Waals surface area contributed by atoms with Crippen molar-refractivity contribution in [3.63, 3.8) is 0 Å². The molecular weight excluding hydrogens is 375 g/mol. The Morgan fingerprint density at radius 2 is 2.26 bits per heavy atom. The lowest BCUT2D eigenvalue weighted by atomic mass is 10.2. The average molecular weight is 390 g/mol. The number of nitrogens with zero attached hydrogens (tertiary/aromatic N) is 2. The lowest BCUT2D eigenvalue weighted by Crippen LogP contribution is -2.03. The molecule has 1 heterocycles. The quantitative estimate of drug-likeness (QED) is 0.366. The van der Waals surface area contributed by atoms with E-state index in [-0.39, 0.29) is 24.0 Å². The molecule has 0 aliphatic rings. The van der Waals surface area contributed by atoms with Crippen molar-refractivity contribution >= 4 is 58.0 Å². The number of nitrogens with one attached hydrogen (secondary N) is 1. The molecule has 0 radical (unpaired) electrons. The minimum absolute atomic E-state index is 0. The second kappa shape index (κ2) is 7.39. The fraction of sp³-hybridized carbons (Fsp3) is 0.167. The number of hydrogen-bond donors (Lipinski definition) is 2. The largest absolute Gasteiger partial charge is 0.497 e. The number of methoxy groups -OCH3 is 1. The van der Waals surface area contributed by atoms with E-state index in [1.165, 1.54) is 11.8 Å². The Morgan fingerprint density at radius 3 is 2.95 bits per heavy atom. The summed E-state index contributed by atoms with van der Waals surface area (Å²) in [5.41, 5.74) is 7.51. The minimum Gasteiger partial charge on any atom is -0.497 e. The monoisotopic (exact) mass is 390 g/mol.